The van der Waals surface area contributed by atoms with Crippen molar-refractivity contribution in [2.45, 2.75) is 0 Å². The van der Waals surface area contributed by atoms with Crippen molar-refractivity contribution >= 4 is 5.69 Å². The molecule has 1 aromatic rings. The summed E-state index contributed by atoms with van der Waals surface area (Å²) in [5.74, 6) is -0.444. The van der Waals surface area contributed by atoms with E-state index in [2.05, 4.69) is 10.5 Å². The highest BCUT2D eigenvalue weighted by atomic mass is 19.1. The van der Waals surface area contributed by atoms with Crippen LogP contribution in [-0.2, 0) is 0 Å². The molecule has 0 amide bonds. The van der Waals surface area contributed by atoms with E-state index in [-0.39, 0.29) is 5.69 Å². The zero-order valence-corrected chi connectivity index (χ0v) is 5.08. The highest BCUT2D eigenvalue weighted by Crippen LogP contribution is 2.11. The third kappa shape index (κ3) is 1.20. The molecule has 0 aliphatic carbocycles. The molecular formula is C6H5FN3+. The van der Waals surface area contributed by atoms with Gasteiger partial charge in [0.15, 0.2) is 11.5 Å². The van der Waals surface area contributed by atoms with Crippen LogP contribution in [0.1, 0.15) is 0 Å². The molecule has 1 aromatic carbocycles. The molecule has 4 heteroatoms. The van der Waals surface area contributed by atoms with Gasteiger partial charge in [0.2, 0.25) is 0 Å². The highest BCUT2D eigenvalue weighted by molar-refractivity contribution is 5.44. The molecule has 0 bridgehead atoms. The van der Waals surface area contributed by atoms with Gasteiger partial charge in [-0.25, -0.2) is 4.39 Å². The van der Waals surface area contributed by atoms with Gasteiger partial charge in [0.05, 0.1) is 0 Å². The van der Waals surface area contributed by atoms with E-state index in [9.17, 15) is 4.39 Å². The molecule has 3 nitrogen and oxygen atoms in total. The molecule has 0 atom stereocenters. The van der Waals surface area contributed by atoms with Gasteiger partial charge in [0.25, 0.3) is 5.39 Å². The van der Waals surface area contributed by atoms with Crippen molar-refractivity contribution in [3.8, 4) is 0 Å². The van der Waals surface area contributed by atoms with Crippen LogP contribution in [0.5, 0.6) is 0 Å². The lowest BCUT2D eigenvalue weighted by Gasteiger charge is -1.88. The molecule has 0 fully saturated rings. The molecule has 0 spiro atoms. The summed E-state index contributed by atoms with van der Waals surface area (Å²) < 4.78 is 12.5. The van der Waals surface area contributed by atoms with Gasteiger partial charge in [-0.3, -0.25) is 0 Å². The highest BCUT2D eigenvalue weighted by Gasteiger charge is 2.02. The standard InChI is InChI=1S/C6H5FN3/c7-5-3-1-2-4-6(5)9-10-8/h1-4,9H/q+1. The molecule has 0 saturated carbocycles. The maximum atomic E-state index is 12.5. The Hall–Kier alpha value is -1.63. The number of anilines is 1. The van der Waals surface area contributed by atoms with E-state index < -0.39 is 5.82 Å². The zero-order chi connectivity index (χ0) is 7.40. The Bertz CT molecular complexity index is 266. The number of para-hydroxylation sites is 1. The second-order valence-corrected chi connectivity index (χ2v) is 1.69. The number of nitrogens with zero attached hydrogens (tertiary/aromatic N) is 2. The van der Waals surface area contributed by atoms with Crippen LogP contribution in [0.3, 0.4) is 0 Å². The summed E-state index contributed by atoms with van der Waals surface area (Å²) in [6.45, 7) is 0. The van der Waals surface area contributed by atoms with Crippen molar-refractivity contribution in [1.29, 1.82) is 5.39 Å². The van der Waals surface area contributed by atoms with E-state index in [1.54, 1.807) is 12.1 Å². The monoisotopic (exact) mass is 138 g/mol. The second kappa shape index (κ2) is 2.78. The lowest BCUT2D eigenvalue weighted by Crippen LogP contribution is -1.86. The Labute approximate surface area is 57.1 Å². The third-order valence-electron chi connectivity index (χ3n) is 1.04. The zero-order valence-electron chi connectivity index (χ0n) is 5.08. The summed E-state index contributed by atoms with van der Waals surface area (Å²) in [6.07, 6.45) is 0. The molecule has 0 aliphatic rings. The first kappa shape index (κ1) is 6.49. The first-order valence-corrected chi connectivity index (χ1v) is 2.69. The van der Waals surface area contributed by atoms with Crippen LogP contribution in [0, 0.1) is 11.2 Å². The summed E-state index contributed by atoms with van der Waals surface area (Å²) >= 11 is 0. The van der Waals surface area contributed by atoms with Gasteiger partial charge in [-0.15, -0.1) is 0 Å². The molecule has 0 radical (unpaired) electrons. The van der Waals surface area contributed by atoms with Crippen molar-refractivity contribution in [3.05, 3.63) is 35.2 Å². The van der Waals surface area contributed by atoms with E-state index in [0.717, 1.165) is 0 Å². The van der Waals surface area contributed by atoms with Gasteiger partial charge in [-0.05, 0) is 17.6 Å². The fourth-order valence-corrected chi connectivity index (χ4v) is 0.606. The summed E-state index contributed by atoms with van der Waals surface area (Å²) in [5.41, 5.74) is 2.24. The number of rotatable bonds is 1. The van der Waals surface area contributed by atoms with Crippen LogP contribution in [-0.4, -0.2) is 0 Å². The summed E-state index contributed by atoms with van der Waals surface area (Å²) in [5, 5.41) is 10.6. The number of benzene rings is 1. The number of hydrogen-bond donors (Lipinski definition) is 1. The normalized spacial score (nSPS) is 8.40. The Kier molecular flexibility index (Phi) is 1.80. The fraction of sp³-hybridized carbons (Fsp3) is 0. The fourth-order valence-electron chi connectivity index (χ4n) is 0.606. The van der Waals surface area contributed by atoms with E-state index in [1.807, 2.05) is 0 Å². The number of diazo groups is 1. The summed E-state index contributed by atoms with van der Waals surface area (Å²) in [7, 11) is 0. The Morgan fingerprint density at radius 2 is 2.10 bits per heavy atom. The van der Waals surface area contributed by atoms with Crippen LogP contribution >= 0.6 is 0 Å². The predicted molar refractivity (Wildman–Crippen MR) is 35.1 cm³/mol. The van der Waals surface area contributed by atoms with Crippen molar-refractivity contribution in [1.82, 2.24) is 0 Å². The van der Waals surface area contributed by atoms with Gasteiger partial charge in [-0.2, -0.15) is 0 Å². The van der Waals surface area contributed by atoms with Gasteiger partial charge in [-0.1, -0.05) is 12.1 Å². The minimum atomic E-state index is -0.444. The first-order chi connectivity index (χ1) is 4.84. The predicted octanol–water partition coefficient (Wildman–Crippen LogP) is 2.01. The maximum absolute atomic E-state index is 12.5. The van der Waals surface area contributed by atoms with E-state index in [0.29, 0.717) is 0 Å². The first-order valence-electron chi connectivity index (χ1n) is 2.69. The molecule has 0 unspecified atom stereocenters. The molecule has 1 rings (SSSR count). The lowest BCUT2D eigenvalue weighted by atomic mass is 10.3. The largest absolute Gasteiger partial charge is 0.308 e. The minimum Gasteiger partial charge on any atom is -0.204 e. The van der Waals surface area contributed by atoms with Crippen LogP contribution in [0.25, 0.3) is 5.08 Å². The summed E-state index contributed by atoms with van der Waals surface area (Å²) in [4.78, 5) is 0. The van der Waals surface area contributed by atoms with Gasteiger partial charge >= 0.3 is 5.08 Å². The molecule has 1 N–H and O–H groups in total. The Morgan fingerprint density at radius 1 is 1.40 bits per heavy atom. The van der Waals surface area contributed by atoms with Gasteiger partial charge in [0.1, 0.15) is 0 Å². The molecule has 0 aromatic heterocycles. The van der Waals surface area contributed by atoms with E-state index in [1.165, 1.54) is 12.1 Å². The molecular weight excluding hydrogens is 133 g/mol. The van der Waals surface area contributed by atoms with Crippen LogP contribution in [0.2, 0.25) is 0 Å². The van der Waals surface area contributed by atoms with Crippen molar-refractivity contribution < 1.29 is 4.39 Å². The average Bonchev–Trinajstić information content (AvgIpc) is 1.94. The van der Waals surface area contributed by atoms with Crippen molar-refractivity contribution in [2.75, 3.05) is 5.43 Å². The molecule has 50 valence electrons. The smallest absolute Gasteiger partial charge is 0.204 e. The average molecular weight is 138 g/mol. The molecule has 0 aliphatic heterocycles. The number of hydrogen-bond acceptors (Lipinski definition) is 2. The topological polar surface area (TPSA) is 40.2 Å². The van der Waals surface area contributed by atoms with Crippen molar-refractivity contribution in [2.24, 2.45) is 0 Å². The Morgan fingerprint density at radius 3 is 2.70 bits per heavy atom. The molecule has 10 heavy (non-hydrogen) atoms. The van der Waals surface area contributed by atoms with Crippen LogP contribution in [0.15, 0.2) is 24.3 Å². The third-order valence-corrected chi connectivity index (χ3v) is 1.04. The van der Waals surface area contributed by atoms with E-state index in [4.69, 9.17) is 5.39 Å². The second-order valence-electron chi connectivity index (χ2n) is 1.69. The van der Waals surface area contributed by atoms with E-state index >= 15 is 0 Å². The van der Waals surface area contributed by atoms with Crippen molar-refractivity contribution in [3.63, 3.8) is 0 Å². The summed E-state index contributed by atoms with van der Waals surface area (Å²) in [6, 6.07) is 5.93. The lowest BCUT2D eigenvalue weighted by molar-refractivity contribution is 0.631. The quantitative estimate of drug-likeness (QED) is 0.476. The number of nitrogens with one attached hydrogen (secondary N) is 1. The molecule has 0 saturated heterocycles. The van der Waals surface area contributed by atoms with Crippen LogP contribution < -0.4 is 5.43 Å². The minimum absolute atomic E-state index is 0.157. The van der Waals surface area contributed by atoms with Gasteiger partial charge in [0, 0.05) is 0 Å². The SMILES string of the molecule is N#[N+]Nc1ccccc1F. The maximum Gasteiger partial charge on any atom is 0.308 e. The number of halogens is 1. The van der Waals surface area contributed by atoms with Crippen LogP contribution in [0.4, 0.5) is 10.1 Å². The molecule has 0 heterocycles. The Balaban J connectivity index is 2.94. The van der Waals surface area contributed by atoms with Gasteiger partial charge < -0.3 is 0 Å².